The zero-order chi connectivity index (χ0) is 0. The van der Waals surface area contributed by atoms with Crippen molar-refractivity contribution < 1.29 is 83.9 Å². The van der Waals surface area contributed by atoms with E-state index in [9.17, 15) is 0 Å². The summed E-state index contributed by atoms with van der Waals surface area (Å²) in [6.45, 7) is 0. The van der Waals surface area contributed by atoms with E-state index >= 15 is 0 Å². The van der Waals surface area contributed by atoms with Crippen molar-refractivity contribution in [3.8, 4) is 0 Å². The molecule has 0 rings (SSSR count). The number of hydrogen-bond acceptors (Lipinski definition) is 0. The predicted octanol–water partition coefficient (Wildman–Crippen LogP) is -1.84. The van der Waals surface area contributed by atoms with Gasteiger partial charge in [-0.2, -0.15) is 0 Å². The van der Waals surface area contributed by atoms with E-state index in [4.69, 9.17) is 0 Å². The Morgan fingerprint density at radius 3 is 0.800 bits per heavy atom. The Balaban J connectivity index is 0. The van der Waals surface area contributed by atoms with Crippen LogP contribution in [0, 0.1) is 38.2 Å². The first-order chi connectivity index (χ1) is 0. The van der Waals surface area contributed by atoms with E-state index in [-0.39, 0.29) is 130 Å². The third-order valence-corrected chi connectivity index (χ3v) is 0. The van der Waals surface area contributed by atoms with Gasteiger partial charge in [-0.1, -0.05) is 0 Å². The smallest absolute Gasteiger partial charge is 0 e. The predicted molar refractivity (Wildman–Crippen MR) is 17.1 cm³/mol. The van der Waals surface area contributed by atoms with Gasteiger partial charge in [0.2, 0.25) is 0 Å². The Morgan fingerprint density at radius 2 is 0.800 bits per heavy atom. The summed E-state index contributed by atoms with van der Waals surface area (Å²) in [6, 6.07) is 0. The van der Waals surface area contributed by atoms with Crippen LogP contribution >= 0.6 is 0 Å². The van der Waals surface area contributed by atoms with Gasteiger partial charge in [-0.15, -0.1) is 0 Å². The summed E-state index contributed by atoms with van der Waals surface area (Å²) in [5, 5.41) is 0. The topological polar surface area (TPSA) is 0 Å². The molecule has 0 nitrogen and oxygen atoms in total. The molecule has 0 aliphatic rings. The second-order valence-corrected chi connectivity index (χ2v) is 0. The molecular weight excluding hydrogens is 368 g/mol. The average molecular weight is 372 g/mol. The van der Waals surface area contributed by atoms with Crippen molar-refractivity contribution in [2.24, 2.45) is 0 Å². The van der Waals surface area contributed by atoms with Crippen LogP contribution < -0.4 is 0 Å². The van der Waals surface area contributed by atoms with E-state index in [0.29, 0.717) is 0 Å². The summed E-state index contributed by atoms with van der Waals surface area (Å²) in [4.78, 5) is 0. The maximum Gasteiger partial charge on any atom is 0.316 e. The van der Waals surface area contributed by atoms with E-state index in [1.54, 1.807) is 0 Å². The fourth-order valence-electron chi connectivity index (χ4n) is 0. The zero-order valence-corrected chi connectivity index (χ0v) is 8.98. The Morgan fingerprint density at radius 1 is 0.800 bits per heavy atom. The van der Waals surface area contributed by atoms with Crippen LogP contribution in [-0.4, -0.2) is 46.1 Å². The zero-order valence-electron chi connectivity index (χ0n) is 1.52. The van der Waals surface area contributed by atoms with Crippen molar-refractivity contribution in [3.63, 3.8) is 0 Å². The van der Waals surface area contributed by atoms with Gasteiger partial charge >= 0.3 is 46.1 Å². The normalized spacial score (nSPS) is 0. The van der Waals surface area contributed by atoms with Crippen LogP contribution in [0.2, 0.25) is 0 Å². The summed E-state index contributed by atoms with van der Waals surface area (Å²) < 4.78 is 0. The van der Waals surface area contributed by atoms with Crippen molar-refractivity contribution >= 4 is 46.1 Å². The molecule has 0 atom stereocenters. The molecule has 0 heterocycles. The first kappa shape index (κ1) is 34.6. The Kier molecular flexibility index (Phi) is 165. The SMILES string of the molecule is [Dy].[MgH2].[MgH2].[Zn].[Zr]. The third-order valence-electron chi connectivity index (χ3n) is 0. The van der Waals surface area contributed by atoms with Gasteiger partial charge in [0.15, 0.2) is 0 Å². The fourth-order valence-corrected chi connectivity index (χ4v) is 0. The van der Waals surface area contributed by atoms with Crippen LogP contribution in [0.25, 0.3) is 0 Å². The molecule has 0 amide bonds. The number of hydrogen-bond donors (Lipinski definition) is 0. The van der Waals surface area contributed by atoms with Crippen molar-refractivity contribution in [1.29, 1.82) is 0 Å². The minimum atomic E-state index is 0. The molecule has 0 aromatic heterocycles. The molecular formula is H4DyMg2ZnZr. The molecule has 0 saturated heterocycles. The molecule has 0 aromatic carbocycles. The summed E-state index contributed by atoms with van der Waals surface area (Å²) in [5.41, 5.74) is 0. The molecule has 0 bridgehead atoms. The molecule has 0 aliphatic heterocycles. The molecule has 0 aromatic rings. The van der Waals surface area contributed by atoms with Crippen molar-refractivity contribution in [2.45, 2.75) is 0 Å². The standard InChI is InChI=1S/Dy.2Mg.Zn.Zr.4H. The van der Waals surface area contributed by atoms with E-state index in [0.717, 1.165) is 0 Å². The minimum absolute atomic E-state index is 0. The first-order valence-electron chi connectivity index (χ1n) is 0. The summed E-state index contributed by atoms with van der Waals surface area (Å²) in [7, 11) is 0. The maximum atomic E-state index is 0. The Labute approximate surface area is 127 Å². The van der Waals surface area contributed by atoms with Crippen LogP contribution in [0.4, 0.5) is 0 Å². The van der Waals surface area contributed by atoms with Crippen LogP contribution in [-0.2, 0) is 45.7 Å². The number of rotatable bonds is 0. The van der Waals surface area contributed by atoms with Crippen LogP contribution in [0.3, 0.4) is 0 Å². The van der Waals surface area contributed by atoms with Crippen LogP contribution in [0.1, 0.15) is 0 Å². The molecule has 0 radical (unpaired) electrons. The quantitative estimate of drug-likeness (QED) is 0.439. The van der Waals surface area contributed by atoms with Gasteiger partial charge in [-0.25, -0.2) is 0 Å². The molecule has 5 heteroatoms. The van der Waals surface area contributed by atoms with E-state index in [1.165, 1.54) is 0 Å². The third kappa shape index (κ3) is 17.8. The molecule has 0 fully saturated rings. The second-order valence-electron chi connectivity index (χ2n) is 0. The summed E-state index contributed by atoms with van der Waals surface area (Å²) in [6.07, 6.45) is 0. The molecule has 0 saturated carbocycles. The second kappa shape index (κ2) is 23.9. The summed E-state index contributed by atoms with van der Waals surface area (Å²) in [5.74, 6) is 0. The molecule has 24 valence electrons. The van der Waals surface area contributed by atoms with Gasteiger partial charge in [0.1, 0.15) is 0 Å². The van der Waals surface area contributed by atoms with Gasteiger partial charge in [0, 0.05) is 83.9 Å². The van der Waals surface area contributed by atoms with E-state index in [1.807, 2.05) is 0 Å². The fraction of sp³-hybridized carbons (Fsp3) is 0. The van der Waals surface area contributed by atoms with Crippen LogP contribution in [0.5, 0.6) is 0 Å². The van der Waals surface area contributed by atoms with Crippen molar-refractivity contribution in [2.75, 3.05) is 0 Å². The minimum Gasteiger partial charge on any atom is 0 e. The molecule has 0 unspecified atom stereocenters. The molecule has 0 spiro atoms. The van der Waals surface area contributed by atoms with Gasteiger partial charge in [0.25, 0.3) is 0 Å². The van der Waals surface area contributed by atoms with Crippen molar-refractivity contribution in [1.82, 2.24) is 0 Å². The average Bonchev–Trinajstić information content (AvgIpc) is 0. The van der Waals surface area contributed by atoms with Gasteiger partial charge in [-0.3, -0.25) is 0 Å². The van der Waals surface area contributed by atoms with E-state index in [2.05, 4.69) is 0 Å². The van der Waals surface area contributed by atoms with Gasteiger partial charge in [-0.05, 0) is 0 Å². The van der Waals surface area contributed by atoms with Crippen molar-refractivity contribution in [3.05, 3.63) is 0 Å². The molecule has 0 N–H and O–H groups in total. The van der Waals surface area contributed by atoms with E-state index < -0.39 is 0 Å². The van der Waals surface area contributed by atoms with Gasteiger partial charge < -0.3 is 0 Å². The monoisotopic (exact) mass is 370 g/mol. The summed E-state index contributed by atoms with van der Waals surface area (Å²) >= 11 is 0. The maximum absolute atomic E-state index is 0. The first-order valence-corrected chi connectivity index (χ1v) is 0. The molecule has 5 heavy (non-hydrogen) atoms. The largest absolute Gasteiger partial charge is 0.316 e. The molecule has 0 aliphatic carbocycles. The Hall–Kier alpha value is 4.31. The Bertz CT molecular complexity index is 9.61. The van der Waals surface area contributed by atoms with Crippen LogP contribution in [0.15, 0.2) is 0 Å². The van der Waals surface area contributed by atoms with Gasteiger partial charge in [0.05, 0.1) is 0 Å².